The molecule has 0 aromatic carbocycles. The molecule has 0 spiro atoms. The van der Waals surface area contributed by atoms with Crippen molar-refractivity contribution in [3.05, 3.63) is 23.4 Å². The van der Waals surface area contributed by atoms with Crippen molar-refractivity contribution in [1.29, 1.82) is 0 Å². The van der Waals surface area contributed by atoms with Crippen molar-refractivity contribution in [2.45, 2.75) is 31.6 Å². The van der Waals surface area contributed by atoms with Gasteiger partial charge in [-0.25, -0.2) is 13.8 Å². The summed E-state index contributed by atoms with van der Waals surface area (Å²) >= 11 is 0. The number of hydrogen-bond acceptors (Lipinski definition) is 2. The largest absolute Gasteiger partial charge is 0.364 e. The summed E-state index contributed by atoms with van der Waals surface area (Å²) in [6.07, 6.45) is -0.908. The quantitative estimate of drug-likeness (QED) is 0.829. The van der Waals surface area contributed by atoms with Crippen molar-refractivity contribution in [3.63, 3.8) is 0 Å². The van der Waals surface area contributed by atoms with E-state index in [1.165, 1.54) is 0 Å². The van der Waals surface area contributed by atoms with E-state index < -0.39 is 18.9 Å². The normalized spacial score (nSPS) is 15.1. The Morgan fingerprint density at radius 1 is 1.29 bits per heavy atom. The Morgan fingerprint density at radius 3 is 2.76 bits per heavy atom. The van der Waals surface area contributed by atoms with Gasteiger partial charge in [0.2, 0.25) is 0 Å². The SMILES string of the molecule is FC(F)C(F)(F)CNc1ccc2c(n1)CCC2. The summed E-state index contributed by atoms with van der Waals surface area (Å²) in [4.78, 5) is 4.13. The summed E-state index contributed by atoms with van der Waals surface area (Å²) < 4.78 is 49.2. The smallest absolute Gasteiger partial charge is 0.324 e. The first kappa shape index (κ1) is 12.1. The van der Waals surface area contributed by atoms with Crippen LogP contribution in [0.15, 0.2) is 12.1 Å². The lowest BCUT2D eigenvalue weighted by molar-refractivity contribution is -0.117. The fourth-order valence-electron chi connectivity index (χ4n) is 1.80. The maximum atomic E-state index is 12.7. The third-order valence-corrected chi connectivity index (χ3v) is 2.75. The first-order valence-electron chi connectivity index (χ1n) is 5.38. The molecule has 1 heterocycles. The summed E-state index contributed by atoms with van der Waals surface area (Å²) in [7, 11) is 0. The Morgan fingerprint density at radius 2 is 2.06 bits per heavy atom. The Kier molecular flexibility index (Phi) is 3.22. The molecule has 2 nitrogen and oxygen atoms in total. The van der Waals surface area contributed by atoms with Crippen molar-refractivity contribution in [1.82, 2.24) is 4.98 Å². The highest BCUT2D eigenvalue weighted by Crippen LogP contribution is 2.25. The highest BCUT2D eigenvalue weighted by Gasteiger charge is 2.40. The molecule has 0 amide bonds. The summed E-state index contributed by atoms with van der Waals surface area (Å²) in [6, 6.07) is 3.35. The number of rotatable bonds is 4. The molecule has 1 aliphatic rings. The summed E-state index contributed by atoms with van der Waals surface area (Å²) in [5.41, 5.74) is 1.98. The second kappa shape index (κ2) is 4.50. The van der Waals surface area contributed by atoms with E-state index in [-0.39, 0.29) is 5.82 Å². The number of hydrogen-bond donors (Lipinski definition) is 1. The predicted octanol–water partition coefficient (Wildman–Crippen LogP) is 2.88. The molecule has 0 radical (unpaired) electrons. The highest BCUT2D eigenvalue weighted by atomic mass is 19.3. The number of halogens is 4. The molecule has 0 saturated heterocycles. The third kappa shape index (κ3) is 2.68. The lowest BCUT2D eigenvalue weighted by Crippen LogP contribution is -2.35. The molecule has 0 unspecified atom stereocenters. The van der Waals surface area contributed by atoms with E-state index in [9.17, 15) is 17.6 Å². The van der Waals surface area contributed by atoms with E-state index >= 15 is 0 Å². The molecule has 1 aliphatic carbocycles. The van der Waals surface area contributed by atoms with Crippen molar-refractivity contribution in [2.75, 3.05) is 11.9 Å². The van der Waals surface area contributed by atoms with Gasteiger partial charge < -0.3 is 5.32 Å². The first-order chi connectivity index (χ1) is 7.99. The molecule has 0 fully saturated rings. The molecular weight excluding hydrogens is 236 g/mol. The van der Waals surface area contributed by atoms with Gasteiger partial charge in [0, 0.05) is 5.69 Å². The first-order valence-corrected chi connectivity index (χ1v) is 5.38. The number of aryl methyl sites for hydroxylation is 2. The van der Waals surface area contributed by atoms with Gasteiger partial charge in [0.1, 0.15) is 5.82 Å². The van der Waals surface area contributed by atoms with Crippen LogP contribution in [0, 0.1) is 0 Å². The van der Waals surface area contributed by atoms with Crippen molar-refractivity contribution >= 4 is 5.82 Å². The van der Waals surface area contributed by atoms with Gasteiger partial charge >= 0.3 is 12.3 Å². The Labute approximate surface area is 96.0 Å². The minimum atomic E-state index is -4.03. The number of anilines is 1. The maximum absolute atomic E-state index is 12.7. The van der Waals surface area contributed by atoms with Crippen LogP contribution in [0.4, 0.5) is 23.4 Å². The fourth-order valence-corrected chi connectivity index (χ4v) is 1.80. The van der Waals surface area contributed by atoms with Gasteiger partial charge in [0.15, 0.2) is 0 Å². The average molecular weight is 248 g/mol. The standard InChI is InChI=1S/C11H12F4N2/c12-10(13)11(14,15)6-16-9-5-4-7-2-1-3-8(7)17-9/h4-5,10H,1-3,6H2,(H,16,17). The van der Waals surface area contributed by atoms with E-state index in [1.807, 2.05) is 0 Å². The van der Waals surface area contributed by atoms with Gasteiger partial charge in [-0.2, -0.15) is 8.78 Å². The molecular formula is C11H12F4N2. The molecule has 0 saturated carbocycles. The average Bonchev–Trinajstić information content (AvgIpc) is 2.73. The predicted molar refractivity (Wildman–Crippen MR) is 55.7 cm³/mol. The second-order valence-electron chi connectivity index (χ2n) is 4.07. The van der Waals surface area contributed by atoms with Gasteiger partial charge in [-0.3, -0.25) is 0 Å². The van der Waals surface area contributed by atoms with Crippen LogP contribution in [0.2, 0.25) is 0 Å². The van der Waals surface area contributed by atoms with Gasteiger partial charge in [0.25, 0.3) is 0 Å². The van der Waals surface area contributed by atoms with E-state index in [4.69, 9.17) is 0 Å². The van der Waals surface area contributed by atoms with Crippen molar-refractivity contribution < 1.29 is 17.6 Å². The van der Waals surface area contributed by atoms with Crippen LogP contribution in [-0.4, -0.2) is 23.9 Å². The minimum Gasteiger partial charge on any atom is -0.364 e. The maximum Gasteiger partial charge on any atom is 0.324 e. The van der Waals surface area contributed by atoms with Gasteiger partial charge in [-0.05, 0) is 30.9 Å². The molecule has 0 aliphatic heterocycles. The van der Waals surface area contributed by atoms with Gasteiger partial charge in [-0.1, -0.05) is 6.07 Å². The van der Waals surface area contributed by atoms with E-state index in [0.717, 1.165) is 30.5 Å². The molecule has 1 aromatic heterocycles. The van der Waals surface area contributed by atoms with E-state index in [1.54, 1.807) is 12.1 Å². The zero-order chi connectivity index (χ0) is 12.5. The minimum absolute atomic E-state index is 0.228. The van der Waals surface area contributed by atoms with Crippen LogP contribution in [-0.2, 0) is 12.8 Å². The van der Waals surface area contributed by atoms with Crippen LogP contribution < -0.4 is 5.32 Å². The zero-order valence-electron chi connectivity index (χ0n) is 9.02. The molecule has 0 bridgehead atoms. The van der Waals surface area contributed by atoms with Crippen LogP contribution in [0.3, 0.4) is 0 Å². The molecule has 2 rings (SSSR count). The molecule has 1 aromatic rings. The Balaban J connectivity index is 2.00. The number of fused-ring (bicyclic) bond motifs is 1. The van der Waals surface area contributed by atoms with Crippen molar-refractivity contribution in [3.8, 4) is 0 Å². The van der Waals surface area contributed by atoms with Crippen molar-refractivity contribution in [2.24, 2.45) is 0 Å². The van der Waals surface area contributed by atoms with Crippen LogP contribution >= 0.6 is 0 Å². The summed E-state index contributed by atoms with van der Waals surface area (Å²) in [6.45, 7) is -1.10. The molecule has 17 heavy (non-hydrogen) atoms. The Bertz CT molecular complexity index is 406. The zero-order valence-corrected chi connectivity index (χ0v) is 9.02. The number of aromatic nitrogens is 1. The summed E-state index contributed by atoms with van der Waals surface area (Å²) in [5.74, 6) is -3.80. The fraction of sp³-hybridized carbons (Fsp3) is 0.545. The highest BCUT2D eigenvalue weighted by molar-refractivity contribution is 5.40. The summed E-state index contributed by atoms with van der Waals surface area (Å²) in [5, 5.41) is 2.25. The van der Waals surface area contributed by atoms with E-state index in [0.29, 0.717) is 0 Å². The number of alkyl halides is 4. The van der Waals surface area contributed by atoms with E-state index in [2.05, 4.69) is 10.3 Å². The number of pyridine rings is 1. The van der Waals surface area contributed by atoms with Crippen LogP contribution in [0.5, 0.6) is 0 Å². The topological polar surface area (TPSA) is 24.9 Å². The van der Waals surface area contributed by atoms with Crippen LogP contribution in [0.1, 0.15) is 17.7 Å². The molecule has 1 N–H and O–H groups in total. The number of nitrogens with zero attached hydrogens (tertiary/aromatic N) is 1. The van der Waals surface area contributed by atoms with Crippen LogP contribution in [0.25, 0.3) is 0 Å². The van der Waals surface area contributed by atoms with Gasteiger partial charge in [-0.15, -0.1) is 0 Å². The monoisotopic (exact) mass is 248 g/mol. The lowest BCUT2D eigenvalue weighted by atomic mass is 10.2. The molecule has 94 valence electrons. The lowest BCUT2D eigenvalue weighted by Gasteiger charge is -2.16. The second-order valence-corrected chi connectivity index (χ2v) is 4.07. The Hall–Kier alpha value is -1.33. The third-order valence-electron chi connectivity index (χ3n) is 2.75. The molecule has 0 atom stereocenters. The number of nitrogens with one attached hydrogen (secondary N) is 1. The molecule has 6 heteroatoms. The van der Waals surface area contributed by atoms with Gasteiger partial charge in [0.05, 0.1) is 6.54 Å².